The summed E-state index contributed by atoms with van der Waals surface area (Å²) in [6.07, 6.45) is 1.99. The second-order valence-corrected chi connectivity index (χ2v) is 7.45. The van der Waals surface area contributed by atoms with Crippen LogP contribution >= 0.6 is 0 Å². The third-order valence-electron chi connectivity index (χ3n) is 4.93. The Kier molecular flexibility index (Phi) is 7.35. The first-order valence-electron chi connectivity index (χ1n) is 10.4. The molecule has 0 spiro atoms. The number of rotatable bonds is 8. The number of hydrogen-bond acceptors (Lipinski definition) is 2. The molecule has 4 heteroatoms. The summed E-state index contributed by atoms with van der Waals surface area (Å²) in [5, 5.41) is 0. The van der Waals surface area contributed by atoms with Crippen LogP contribution in [0, 0.1) is 0 Å². The van der Waals surface area contributed by atoms with Crippen LogP contribution < -0.4 is 4.74 Å². The van der Waals surface area contributed by atoms with Crippen LogP contribution in [0.15, 0.2) is 89.9 Å². The van der Waals surface area contributed by atoms with Crippen molar-refractivity contribution in [1.29, 1.82) is 0 Å². The summed E-state index contributed by atoms with van der Waals surface area (Å²) in [5.74, 6) is -2.05. The number of aliphatic imine (C=N–C) groups is 1. The van der Waals surface area contributed by atoms with Gasteiger partial charge in [0.15, 0.2) is 0 Å². The highest BCUT2D eigenvalue weighted by Crippen LogP contribution is 2.27. The molecule has 0 N–H and O–H groups in total. The van der Waals surface area contributed by atoms with E-state index in [2.05, 4.69) is 4.99 Å². The van der Waals surface area contributed by atoms with Crippen molar-refractivity contribution in [1.82, 2.24) is 0 Å². The van der Waals surface area contributed by atoms with E-state index < -0.39 is 5.92 Å². The molecule has 0 aromatic heterocycles. The summed E-state index contributed by atoms with van der Waals surface area (Å²) in [6.45, 7) is 6.00. The van der Waals surface area contributed by atoms with Gasteiger partial charge in [0.05, 0.1) is 5.71 Å². The monoisotopic (exact) mass is 419 g/mol. The lowest BCUT2D eigenvalue weighted by Crippen LogP contribution is -2.07. The van der Waals surface area contributed by atoms with E-state index >= 15 is 0 Å². The maximum Gasteiger partial charge on any atom is 0.270 e. The van der Waals surface area contributed by atoms with Gasteiger partial charge in [-0.05, 0) is 54.3 Å². The van der Waals surface area contributed by atoms with Crippen molar-refractivity contribution in [2.24, 2.45) is 4.99 Å². The van der Waals surface area contributed by atoms with Gasteiger partial charge in [0, 0.05) is 19.0 Å². The number of alkyl halides is 2. The quantitative estimate of drug-likeness (QED) is 0.351. The molecule has 0 radical (unpaired) electrons. The van der Waals surface area contributed by atoms with E-state index in [0.29, 0.717) is 13.2 Å². The van der Waals surface area contributed by atoms with Crippen LogP contribution in [-0.2, 0) is 12.5 Å². The van der Waals surface area contributed by atoms with Crippen molar-refractivity contribution >= 4 is 11.3 Å². The van der Waals surface area contributed by atoms with Gasteiger partial charge in [-0.1, -0.05) is 66.7 Å². The Labute approximate surface area is 182 Å². The van der Waals surface area contributed by atoms with Crippen LogP contribution in [0.25, 0.3) is 5.57 Å². The zero-order valence-electron chi connectivity index (χ0n) is 18.1. The Morgan fingerprint density at radius 1 is 0.903 bits per heavy atom. The number of allylic oxidation sites excluding steroid dienone is 2. The first-order valence-corrected chi connectivity index (χ1v) is 10.4. The summed E-state index contributed by atoms with van der Waals surface area (Å²) in [4.78, 5) is 4.56. The topological polar surface area (TPSA) is 21.6 Å². The Morgan fingerprint density at radius 3 is 2.10 bits per heavy atom. The molecule has 31 heavy (non-hydrogen) atoms. The first kappa shape index (κ1) is 22.4. The minimum absolute atomic E-state index is 0.00103. The number of nitrogens with zero attached hydrogens (tertiary/aromatic N) is 1. The maximum atomic E-state index is 13.5. The van der Waals surface area contributed by atoms with Gasteiger partial charge < -0.3 is 4.74 Å². The molecule has 0 atom stereocenters. The van der Waals surface area contributed by atoms with Gasteiger partial charge in [0.1, 0.15) is 12.4 Å². The van der Waals surface area contributed by atoms with E-state index in [1.54, 1.807) is 12.1 Å². The van der Waals surface area contributed by atoms with Gasteiger partial charge in [-0.25, -0.2) is 8.78 Å². The van der Waals surface area contributed by atoms with Crippen molar-refractivity contribution in [3.8, 4) is 5.75 Å². The Bertz CT molecular complexity index is 1030. The van der Waals surface area contributed by atoms with Crippen LogP contribution in [0.2, 0.25) is 0 Å². The molecule has 0 aliphatic heterocycles. The molecular formula is C27H27F2NO. The zero-order chi connectivity index (χ0) is 22.3. The smallest absolute Gasteiger partial charge is 0.270 e. The maximum absolute atomic E-state index is 13.5. The highest BCUT2D eigenvalue weighted by atomic mass is 19.3. The average Bonchev–Trinajstić information content (AvgIpc) is 2.78. The molecule has 0 fully saturated rings. The van der Waals surface area contributed by atoms with Crippen molar-refractivity contribution in [2.75, 3.05) is 6.54 Å². The highest BCUT2D eigenvalue weighted by Gasteiger charge is 2.23. The minimum atomic E-state index is -2.85. The predicted molar refractivity (Wildman–Crippen MR) is 124 cm³/mol. The molecule has 2 nitrogen and oxygen atoms in total. The van der Waals surface area contributed by atoms with E-state index in [4.69, 9.17) is 4.74 Å². The van der Waals surface area contributed by atoms with Crippen molar-refractivity contribution < 1.29 is 13.5 Å². The minimum Gasteiger partial charge on any atom is -0.489 e. The van der Waals surface area contributed by atoms with Crippen LogP contribution in [-0.4, -0.2) is 12.3 Å². The largest absolute Gasteiger partial charge is 0.489 e. The number of halogens is 2. The summed E-state index contributed by atoms with van der Waals surface area (Å²) in [6, 6.07) is 24.3. The molecule has 0 aliphatic carbocycles. The average molecular weight is 420 g/mol. The lowest BCUT2D eigenvalue weighted by Gasteiger charge is -2.12. The van der Waals surface area contributed by atoms with E-state index in [1.165, 1.54) is 12.1 Å². The van der Waals surface area contributed by atoms with E-state index in [9.17, 15) is 8.78 Å². The summed E-state index contributed by atoms with van der Waals surface area (Å²) < 4.78 is 32.8. The number of ether oxygens (including phenoxy) is 1. The predicted octanol–water partition coefficient (Wildman–Crippen LogP) is 7.29. The van der Waals surface area contributed by atoms with Gasteiger partial charge in [0.25, 0.3) is 5.92 Å². The van der Waals surface area contributed by atoms with Gasteiger partial charge in [-0.15, -0.1) is 0 Å². The molecule has 0 saturated carbocycles. The van der Waals surface area contributed by atoms with Gasteiger partial charge in [-0.3, -0.25) is 4.99 Å². The fourth-order valence-electron chi connectivity index (χ4n) is 3.17. The Balaban J connectivity index is 1.73. The second-order valence-electron chi connectivity index (χ2n) is 7.45. The first-order chi connectivity index (χ1) is 14.9. The van der Waals surface area contributed by atoms with E-state index in [1.807, 2.05) is 74.5 Å². The lowest BCUT2D eigenvalue weighted by atomic mass is 10.0. The van der Waals surface area contributed by atoms with Gasteiger partial charge in [-0.2, -0.15) is 0 Å². The summed E-state index contributed by atoms with van der Waals surface area (Å²) in [7, 11) is 0. The van der Waals surface area contributed by atoms with Crippen molar-refractivity contribution in [3.05, 3.63) is 107 Å². The number of benzene rings is 3. The van der Waals surface area contributed by atoms with Crippen molar-refractivity contribution in [2.45, 2.75) is 33.3 Å². The Hall–Kier alpha value is -3.27. The molecule has 3 rings (SSSR count). The molecule has 0 bridgehead atoms. The molecule has 0 amide bonds. The molecule has 0 saturated heterocycles. The standard InChI is InChI=1S/C27H27F2NO/c1-4-30-26(23-10-14-24(15-11-23)27(3,28)29)18-20(2)22-12-16-25(17-13-22)31-19-21-8-6-5-7-9-21/h5-18H,4,19H2,1-3H3/b20-18+,30-26?. The van der Waals surface area contributed by atoms with Crippen LogP contribution in [0.1, 0.15) is 43.0 Å². The molecule has 3 aromatic rings. The Morgan fingerprint density at radius 2 is 1.52 bits per heavy atom. The molecular weight excluding hydrogens is 392 g/mol. The molecule has 160 valence electrons. The van der Waals surface area contributed by atoms with E-state index in [-0.39, 0.29) is 5.56 Å². The molecule has 0 heterocycles. The summed E-state index contributed by atoms with van der Waals surface area (Å²) in [5.41, 5.74) is 4.79. The molecule has 0 aliphatic rings. The third-order valence-corrected chi connectivity index (χ3v) is 4.93. The number of hydrogen-bond donors (Lipinski definition) is 0. The molecule has 0 unspecified atom stereocenters. The molecule has 3 aromatic carbocycles. The van der Waals surface area contributed by atoms with Crippen LogP contribution in [0.5, 0.6) is 5.75 Å². The van der Waals surface area contributed by atoms with Crippen molar-refractivity contribution in [3.63, 3.8) is 0 Å². The van der Waals surface area contributed by atoms with E-state index in [0.717, 1.165) is 40.6 Å². The third kappa shape index (κ3) is 6.35. The zero-order valence-corrected chi connectivity index (χ0v) is 18.1. The van der Waals surface area contributed by atoms with Crippen LogP contribution in [0.4, 0.5) is 8.78 Å². The fourth-order valence-corrected chi connectivity index (χ4v) is 3.17. The summed E-state index contributed by atoms with van der Waals surface area (Å²) >= 11 is 0. The van der Waals surface area contributed by atoms with Gasteiger partial charge >= 0.3 is 0 Å². The van der Waals surface area contributed by atoms with Crippen LogP contribution in [0.3, 0.4) is 0 Å². The normalized spacial score (nSPS) is 12.7. The highest BCUT2D eigenvalue weighted by molar-refractivity contribution is 6.12. The SMILES string of the molecule is CCN=C(/C=C(\C)c1ccc(OCc2ccccc2)cc1)c1ccc(C(C)(F)F)cc1. The lowest BCUT2D eigenvalue weighted by molar-refractivity contribution is 0.0175. The fraction of sp³-hybridized carbons (Fsp3) is 0.222. The van der Waals surface area contributed by atoms with Gasteiger partial charge in [0.2, 0.25) is 0 Å². The second kappa shape index (κ2) is 10.2.